The normalized spacial score (nSPS) is 16.8. The summed E-state index contributed by atoms with van der Waals surface area (Å²) in [5.41, 5.74) is 0. The SMILES string of the molecule is CCCS(=O)(=O)N1CCN(C(=O)c2cc3cc(CC)sc3s2)CC1. The number of fused-ring (bicyclic) bond motifs is 1. The molecule has 0 radical (unpaired) electrons. The Kier molecular flexibility index (Phi) is 5.29. The Morgan fingerprint density at radius 2 is 1.83 bits per heavy atom. The molecule has 0 aromatic carbocycles. The highest BCUT2D eigenvalue weighted by molar-refractivity contribution is 7.89. The number of carbonyl (C=O) groups excluding carboxylic acids is 1. The predicted molar refractivity (Wildman–Crippen MR) is 101 cm³/mol. The van der Waals surface area contributed by atoms with Crippen LogP contribution >= 0.6 is 22.7 Å². The monoisotopic (exact) mass is 386 g/mol. The van der Waals surface area contributed by atoms with Crippen molar-refractivity contribution < 1.29 is 13.2 Å². The van der Waals surface area contributed by atoms with Gasteiger partial charge >= 0.3 is 0 Å². The molecule has 0 bridgehead atoms. The minimum absolute atomic E-state index is 0.0222. The van der Waals surface area contributed by atoms with E-state index >= 15 is 0 Å². The Labute approximate surface area is 150 Å². The lowest BCUT2D eigenvalue weighted by molar-refractivity contribution is 0.0703. The second-order valence-electron chi connectivity index (χ2n) is 5.93. The van der Waals surface area contributed by atoms with Crippen molar-refractivity contribution in [2.75, 3.05) is 31.9 Å². The molecule has 1 amide bonds. The van der Waals surface area contributed by atoms with Crippen molar-refractivity contribution in [1.29, 1.82) is 0 Å². The molecule has 1 saturated heterocycles. The molecule has 132 valence electrons. The molecule has 8 heteroatoms. The third-order valence-electron chi connectivity index (χ3n) is 4.21. The van der Waals surface area contributed by atoms with Crippen molar-refractivity contribution in [2.45, 2.75) is 26.7 Å². The van der Waals surface area contributed by atoms with Gasteiger partial charge in [0.15, 0.2) is 0 Å². The fourth-order valence-electron chi connectivity index (χ4n) is 2.88. The van der Waals surface area contributed by atoms with Gasteiger partial charge in [-0.25, -0.2) is 8.42 Å². The van der Waals surface area contributed by atoms with Crippen LogP contribution in [0.1, 0.15) is 34.8 Å². The highest BCUT2D eigenvalue weighted by Crippen LogP contribution is 2.34. The minimum atomic E-state index is -3.17. The lowest BCUT2D eigenvalue weighted by Gasteiger charge is -2.33. The number of hydrogen-bond acceptors (Lipinski definition) is 5. The number of aryl methyl sites for hydroxylation is 1. The molecule has 0 saturated carbocycles. The van der Waals surface area contributed by atoms with Gasteiger partial charge in [0.05, 0.1) is 14.6 Å². The highest BCUT2D eigenvalue weighted by atomic mass is 32.2. The lowest BCUT2D eigenvalue weighted by atomic mass is 10.3. The lowest BCUT2D eigenvalue weighted by Crippen LogP contribution is -2.50. The first kappa shape index (κ1) is 17.8. The molecule has 0 N–H and O–H groups in total. The number of sulfonamides is 1. The molecule has 0 aliphatic carbocycles. The molecule has 0 spiro atoms. The average molecular weight is 387 g/mol. The third-order valence-corrected chi connectivity index (χ3v) is 8.81. The fraction of sp³-hybridized carbons (Fsp3) is 0.562. The Balaban J connectivity index is 1.67. The summed E-state index contributed by atoms with van der Waals surface area (Å²) in [6.45, 7) is 5.72. The molecule has 1 fully saturated rings. The number of amides is 1. The van der Waals surface area contributed by atoms with Crippen LogP contribution in [0, 0.1) is 0 Å². The fourth-order valence-corrected chi connectivity index (χ4v) is 6.78. The summed E-state index contributed by atoms with van der Waals surface area (Å²) >= 11 is 3.30. The quantitative estimate of drug-likeness (QED) is 0.794. The van der Waals surface area contributed by atoms with Crippen molar-refractivity contribution in [3.05, 3.63) is 21.9 Å². The molecular formula is C16H22N2O3S3. The van der Waals surface area contributed by atoms with Crippen LogP contribution in [-0.2, 0) is 16.4 Å². The van der Waals surface area contributed by atoms with Crippen molar-refractivity contribution in [2.24, 2.45) is 0 Å². The predicted octanol–water partition coefficient (Wildman–Crippen LogP) is 3.02. The number of hydrogen-bond donors (Lipinski definition) is 0. The average Bonchev–Trinajstić information content (AvgIpc) is 3.12. The van der Waals surface area contributed by atoms with Crippen LogP contribution < -0.4 is 0 Å². The van der Waals surface area contributed by atoms with Gasteiger partial charge in [-0.2, -0.15) is 4.31 Å². The van der Waals surface area contributed by atoms with Crippen LogP contribution in [0.5, 0.6) is 0 Å². The van der Waals surface area contributed by atoms with Crippen LogP contribution in [0.25, 0.3) is 9.40 Å². The number of piperazine rings is 1. The molecule has 24 heavy (non-hydrogen) atoms. The zero-order valence-corrected chi connectivity index (χ0v) is 16.4. The van der Waals surface area contributed by atoms with Crippen molar-refractivity contribution >= 4 is 48.0 Å². The van der Waals surface area contributed by atoms with E-state index in [4.69, 9.17) is 0 Å². The van der Waals surface area contributed by atoms with Gasteiger partial charge in [-0.3, -0.25) is 4.79 Å². The molecule has 2 aromatic rings. The van der Waals surface area contributed by atoms with E-state index in [1.54, 1.807) is 27.6 Å². The van der Waals surface area contributed by atoms with Crippen LogP contribution in [0.2, 0.25) is 0 Å². The van der Waals surface area contributed by atoms with Gasteiger partial charge in [0, 0.05) is 36.4 Å². The summed E-state index contributed by atoms with van der Waals surface area (Å²) in [6.07, 6.45) is 1.64. The maximum Gasteiger partial charge on any atom is 0.264 e. The number of rotatable bonds is 5. The molecule has 5 nitrogen and oxygen atoms in total. The molecule has 0 atom stereocenters. The van der Waals surface area contributed by atoms with Crippen molar-refractivity contribution in [3.8, 4) is 0 Å². The maximum absolute atomic E-state index is 12.7. The maximum atomic E-state index is 12.7. The smallest absolute Gasteiger partial charge is 0.264 e. The molecule has 1 aliphatic rings. The summed E-state index contributed by atoms with van der Waals surface area (Å²) in [4.78, 5) is 16.5. The van der Waals surface area contributed by atoms with Crippen molar-refractivity contribution in [1.82, 2.24) is 9.21 Å². The number of nitrogens with zero attached hydrogens (tertiary/aromatic N) is 2. The van der Waals surface area contributed by atoms with Gasteiger partial charge in [0.1, 0.15) is 0 Å². The molecule has 2 aromatic heterocycles. The number of thiophene rings is 2. The highest BCUT2D eigenvalue weighted by Gasteiger charge is 2.29. The van der Waals surface area contributed by atoms with Gasteiger partial charge in [0.25, 0.3) is 5.91 Å². The van der Waals surface area contributed by atoms with E-state index in [1.165, 1.54) is 13.2 Å². The molecule has 1 aliphatic heterocycles. The van der Waals surface area contributed by atoms with E-state index in [9.17, 15) is 13.2 Å². The molecular weight excluding hydrogens is 364 g/mol. The Bertz CT molecular complexity index is 798. The molecule has 3 heterocycles. The van der Waals surface area contributed by atoms with Gasteiger partial charge in [-0.1, -0.05) is 13.8 Å². The van der Waals surface area contributed by atoms with Crippen molar-refractivity contribution in [3.63, 3.8) is 0 Å². The topological polar surface area (TPSA) is 57.7 Å². The summed E-state index contributed by atoms with van der Waals surface area (Å²) in [7, 11) is -3.17. The van der Waals surface area contributed by atoms with E-state index in [0.29, 0.717) is 32.6 Å². The first-order valence-corrected chi connectivity index (χ1v) is 11.5. The summed E-state index contributed by atoms with van der Waals surface area (Å²) in [6, 6.07) is 4.13. The zero-order chi connectivity index (χ0) is 17.3. The van der Waals surface area contributed by atoms with Crippen LogP contribution in [0.4, 0.5) is 0 Å². The molecule has 0 unspecified atom stereocenters. The van der Waals surface area contributed by atoms with Crippen LogP contribution in [-0.4, -0.2) is 55.5 Å². The zero-order valence-electron chi connectivity index (χ0n) is 13.9. The summed E-state index contributed by atoms with van der Waals surface area (Å²) in [5.74, 6) is 0.205. The standard InChI is InChI=1S/C16H22N2O3S3/c1-3-9-24(20,21)18-7-5-17(6-8-18)15(19)14-11-12-10-13(4-2)22-16(12)23-14/h10-11H,3-9H2,1-2H3. The van der Waals surface area contributed by atoms with Gasteiger partial charge in [0.2, 0.25) is 10.0 Å². The Hall–Kier alpha value is -0.960. The first-order valence-electron chi connectivity index (χ1n) is 8.24. The third kappa shape index (κ3) is 3.51. The second-order valence-corrected chi connectivity index (χ2v) is 10.5. The Morgan fingerprint density at radius 1 is 1.12 bits per heavy atom. The van der Waals surface area contributed by atoms with E-state index in [0.717, 1.165) is 16.7 Å². The summed E-state index contributed by atoms with van der Waals surface area (Å²) < 4.78 is 26.9. The van der Waals surface area contributed by atoms with Gasteiger partial charge in [-0.15, -0.1) is 22.7 Å². The second kappa shape index (κ2) is 7.11. The van der Waals surface area contributed by atoms with E-state index in [2.05, 4.69) is 13.0 Å². The van der Waals surface area contributed by atoms with Crippen LogP contribution in [0.15, 0.2) is 12.1 Å². The minimum Gasteiger partial charge on any atom is -0.335 e. The van der Waals surface area contributed by atoms with E-state index < -0.39 is 10.0 Å². The largest absolute Gasteiger partial charge is 0.335 e. The first-order chi connectivity index (χ1) is 11.4. The van der Waals surface area contributed by atoms with Gasteiger partial charge in [-0.05, 0) is 25.0 Å². The Morgan fingerprint density at radius 3 is 2.42 bits per heavy atom. The van der Waals surface area contributed by atoms with E-state index in [-0.39, 0.29) is 11.7 Å². The van der Waals surface area contributed by atoms with Gasteiger partial charge < -0.3 is 4.90 Å². The molecule has 3 rings (SSSR count). The summed E-state index contributed by atoms with van der Waals surface area (Å²) in [5, 5.41) is 1.15. The van der Waals surface area contributed by atoms with E-state index in [1.807, 2.05) is 13.0 Å². The van der Waals surface area contributed by atoms with Crippen LogP contribution in [0.3, 0.4) is 0 Å². The number of carbonyl (C=O) groups is 1.